The molecule has 0 aliphatic carbocycles. The number of hydrogen-bond acceptors (Lipinski definition) is 3. The molecular weight excluding hydrogens is 216 g/mol. The molecule has 0 saturated carbocycles. The summed E-state index contributed by atoms with van der Waals surface area (Å²) in [7, 11) is 1.22. The normalized spacial score (nSPS) is 12.7. The smallest absolute Gasteiger partial charge is 0.338 e. The highest BCUT2D eigenvalue weighted by atomic mass is 35.5. The minimum absolute atomic E-state index is 0.640. The molecule has 15 heavy (non-hydrogen) atoms. The van der Waals surface area contributed by atoms with Crippen LogP contribution in [0.25, 0.3) is 6.08 Å². The zero-order chi connectivity index (χ0) is 11.3. The van der Waals surface area contributed by atoms with Crippen LogP contribution in [0, 0.1) is 0 Å². The van der Waals surface area contributed by atoms with Gasteiger partial charge in [-0.3, -0.25) is 0 Å². The van der Waals surface area contributed by atoms with Crippen molar-refractivity contribution >= 4 is 23.6 Å². The maximum atomic E-state index is 10.8. The van der Waals surface area contributed by atoms with Crippen molar-refractivity contribution in [2.45, 2.75) is 6.10 Å². The van der Waals surface area contributed by atoms with Gasteiger partial charge in [-0.1, -0.05) is 29.8 Å². The number of benzene rings is 1. The van der Waals surface area contributed by atoms with Gasteiger partial charge in [0.1, 0.15) is 0 Å². The SMILES string of the molecule is COC(=O)C(O)/C=C/c1ccc(Cl)cc1. The molecule has 4 heteroatoms. The van der Waals surface area contributed by atoms with Gasteiger partial charge in [-0.15, -0.1) is 0 Å². The van der Waals surface area contributed by atoms with Crippen LogP contribution in [0.15, 0.2) is 30.3 Å². The lowest BCUT2D eigenvalue weighted by Crippen LogP contribution is -2.18. The molecule has 0 amide bonds. The van der Waals surface area contributed by atoms with Crippen molar-refractivity contribution in [3.63, 3.8) is 0 Å². The third-order valence-electron chi connectivity index (χ3n) is 1.78. The van der Waals surface area contributed by atoms with Gasteiger partial charge in [0.2, 0.25) is 0 Å². The molecule has 1 N–H and O–H groups in total. The maximum Gasteiger partial charge on any atom is 0.338 e. The first kappa shape index (κ1) is 11.8. The van der Waals surface area contributed by atoms with Gasteiger partial charge in [0.25, 0.3) is 0 Å². The third kappa shape index (κ3) is 3.73. The highest BCUT2D eigenvalue weighted by Gasteiger charge is 2.10. The predicted octanol–water partition coefficient (Wildman–Crippen LogP) is 1.89. The van der Waals surface area contributed by atoms with Crippen molar-refractivity contribution in [3.8, 4) is 0 Å². The molecule has 0 bridgehead atoms. The van der Waals surface area contributed by atoms with E-state index in [0.29, 0.717) is 5.02 Å². The summed E-state index contributed by atoms with van der Waals surface area (Å²) in [6.45, 7) is 0. The molecule has 1 atom stereocenters. The number of ether oxygens (including phenoxy) is 1. The molecule has 1 aromatic carbocycles. The van der Waals surface area contributed by atoms with Gasteiger partial charge in [-0.25, -0.2) is 4.79 Å². The van der Waals surface area contributed by atoms with E-state index in [9.17, 15) is 9.90 Å². The lowest BCUT2D eigenvalue weighted by Gasteiger charge is -2.01. The van der Waals surface area contributed by atoms with E-state index >= 15 is 0 Å². The standard InChI is InChI=1S/C11H11ClO3/c1-15-11(14)10(13)7-4-8-2-5-9(12)6-3-8/h2-7,10,13H,1H3/b7-4+. The number of hydrogen-bond donors (Lipinski definition) is 1. The maximum absolute atomic E-state index is 10.8. The molecule has 1 unspecified atom stereocenters. The third-order valence-corrected chi connectivity index (χ3v) is 2.04. The van der Waals surface area contributed by atoms with Crippen molar-refractivity contribution in [2.24, 2.45) is 0 Å². The number of halogens is 1. The fourth-order valence-electron chi connectivity index (χ4n) is 0.975. The molecule has 0 fully saturated rings. The summed E-state index contributed by atoms with van der Waals surface area (Å²) < 4.78 is 4.36. The van der Waals surface area contributed by atoms with E-state index in [0.717, 1.165) is 5.56 Å². The molecule has 0 saturated heterocycles. The Hall–Kier alpha value is -1.32. The Morgan fingerprint density at radius 1 is 1.47 bits per heavy atom. The monoisotopic (exact) mass is 226 g/mol. The highest BCUT2D eigenvalue weighted by Crippen LogP contribution is 2.10. The fraction of sp³-hybridized carbons (Fsp3) is 0.182. The first-order valence-corrected chi connectivity index (χ1v) is 4.71. The zero-order valence-electron chi connectivity index (χ0n) is 8.18. The van der Waals surface area contributed by atoms with E-state index < -0.39 is 12.1 Å². The van der Waals surface area contributed by atoms with E-state index in [1.807, 2.05) is 0 Å². The second kappa shape index (κ2) is 5.53. The topological polar surface area (TPSA) is 46.5 Å². The molecule has 0 radical (unpaired) electrons. The lowest BCUT2D eigenvalue weighted by molar-refractivity contribution is -0.147. The quantitative estimate of drug-likeness (QED) is 0.801. The summed E-state index contributed by atoms with van der Waals surface area (Å²) >= 11 is 5.70. The Labute approximate surface area is 92.9 Å². The predicted molar refractivity (Wildman–Crippen MR) is 58.5 cm³/mol. The second-order valence-electron chi connectivity index (χ2n) is 2.88. The van der Waals surface area contributed by atoms with Crippen LogP contribution in [0.2, 0.25) is 5.02 Å². The van der Waals surface area contributed by atoms with Gasteiger partial charge in [-0.2, -0.15) is 0 Å². The Morgan fingerprint density at radius 3 is 2.60 bits per heavy atom. The number of rotatable bonds is 3. The first-order valence-electron chi connectivity index (χ1n) is 4.33. The van der Waals surface area contributed by atoms with Crippen LogP contribution in [0.3, 0.4) is 0 Å². The van der Waals surface area contributed by atoms with Crippen molar-refractivity contribution in [1.29, 1.82) is 0 Å². The molecule has 0 aliphatic rings. The van der Waals surface area contributed by atoms with E-state index in [1.54, 1.807) is 30.3 Å². The summed E-state index contributed by atoms with van der Waals surface area (Å²) in [4.78, 5) is 10.8. The average Bonchev–Trinajstić information content (AvgIpc) is 2.26. The molecule has 1 rings (SSSR count). The number of carbonyl (C=O) groups excluding carboxylic acids is 1. The Bertz CT molecular complexity index is 357. The Balaban J connectivity index is 2.65. The molecule has 0 aromatic heterocycles. The number of carbonyl (C=O) groups is 1. The van der Waals surface area contributed by atoms with Crippen LogP contribution in [0.5, 0.6) is 0 Å². The Morgan fingerprint density at radius 2 is 2.07 bits per heavy atom. The molecule has 0 heterocycles. The van der Waals surface area contributed by atoms with Crippen LogP contribution >= 0.6 is 11.6 Å². The molecule has 80 valence electrons. The molecule has 0 spiro atoms. The van der Waals surface area contributed by atoms with Crippen LogP contribution in [0.4, 0.5) is 0 Å². The molecule has 1 aromatic rings. The second-order valence-corrected chi connectivity index (χ2v) is 3.32. The van der Waals surface area contributed by atoms with Crippen LogP contribution in [-0.2, 0) is 9.53 Å². The number of esters is 1. The van der Waals surface area contributed by atoms with Gasteiger partial charge in [-0.05, 0) is 23.8 Å². The van der Waals surface area contributed by atoms with Gasteiger partial charge >= 0.3 is 5.97 Å². The van der Waals surface area contributed by atoms with Crippen molar-refractivity contribution < 1.29 is 14.6 Å². The van der Waals surface area contributed by atoms with Gasteiger partial charge in [0, 0.05) is 5.02 Å². The number of methoxy groups -OCH3 is 1. The summed E-state index contributed by atoms with van der Waals surface area (Å²) in [5.74, 6) is -0.680. The Kier molecular flexibility index (Phi) is 4.34. The van der Waals surface area contributed by atoms with E-state index in [1.165, 1.54) is 13.2 Å². The number of aliphatic hydroxyl groups excluding tert-OH is 1. The lowest BCUT2D eigenvalue weighted by atomic mass is 10.2. The fourth-order valence-corrected chi connectivity index (χ4v) is 1.10. The van der Waals surface area contributed by atoms with Crippen molar-refractivity contribution in [2.75, 3.05) is 7.11 Å². The zero-order valence-corrected chi connectivity index (χ0v) is 8.94. The van der Waals surface area contributed by atoms with Gasteiger partial charge < -0.3 is 9.84 Å². The summed E-state index contributed by atoms with van der Waals surface area (Å²) in [6, 6.07) is 7.02. The summed E-state index contributed by atoms with van der Waals surface area (Å²) in [5.41, 5.74) is 0.849. The van der Waals surface area contributed by atoms with E-state index in [-0.39, 0.29) is 0 Å². The molecule has 3 nitrogen and oxygen atoms in total. The van der Waals surface area contributed by atoms with E-state index in [2.05, 4.69) is 4.74 Å². The first-order chi connectivity index (χ1) is 7.13. The largest absolute Gasteiger partial charge is 0.467 e. The van der Waals surface area contributed by atoms with Crippen molar-refractivity contribution in [3.05, 3.63) is 40.9 Å². The summed E-state index contributed by atoms with van der Waals surface area (Å²) in [6.07, 6.45) is 1.75. The van der Waals surface area contributed by atoms with Crippen molar-refractivity contribution in [1.82, 2.24) is 0 Å². The van der Waals surface area contributed by atoms with Crippen LogP contribution < -0.4 is 0 Å². The van der Waals surface area contributed by atoms with Gasteiger partial charge in [0.15, 0.2) is 6.10 Å². The molecular formula is C11H11ClO3. The van der Waals surface area contributed by atoms with Crippen LogP contribution in [-0.4, -0.2) is 24.3 Å². The number of aliphatic hydroxyl groups is 1. The van der Waals surface area contributed by atoms with E-state index in [4.69, 9.17) is 11.6 Å². The minimum atomic E-state index is -1.23. The van der Waals surface area contributed by atoms with Crippen LogP contribution in [0.1, 0.15) is 5.56 Å². The molecule has 0 aliphatic heterocycles. The average molecular weight is 227 g/mol. The minimum Gasteiger partial charge on any atom is -0.467 e. The summed E-state index contributed by atoms with van der Waals surface area (Å²) in [5, 5.41) is 9.89. The highest BCUT2D eigenvalue weighted by molar-refractivity contribution is 6.30. The van der Waals surface area contributed by atoms with Gasteiger partial charge in [0.05, 0.1) is 7.11 Å².